The molecule has 0 saturated heterocycles. The van der Waals surface area contributed by atoms with E-state index in [0.717, 1.165) is 27.9 Å². The number of amides is 1. The van der Waals surface area contributed by atoms with E-state index in [4.69, 9.17) is 4.74 Å². The standard InChI is InChI=1S/C23H24N2O3/c1-13-10-14(2)21(15(3)11-13)25-22(26)17(5)28-23(27)19-12-16(4)24-20-9-7-6-8-18(19)20/h6-12,17H,1-5H3,(H,25,26)/t17-/m0/s1. The average molecular weight is 376 g/mol. The van der Waals surface area contributed by atoms with Gasteiger partial charge in [-0.05, 0) is 57.9 Å². The van der Waals surface area contributed by atoms with Crippen LogP contribution in [0.2, 0.25) is 0 Å². The molecule has 5 heteroatoms. The minimum Gasteiger partial charge on any atom is -0.449 e. The maximum atomic E-state index is 12.7. The van der Waals surface area contributed by atoms with Gasteiger partial charge in [-0.25, -0.2) is 4.79 Å². The van der Waals surface area contributed by atoms with Gasteiger partial charge in [0, 0.05) is 16.8 Å². The predicted octanol–water partition coefficient (Wildman–Crippen LogP) is 4.65. The van der Waals surface area contributed by atoms with Gasteiger partial charge >= 0.3 is 5.97 Å². The van der Waals surface area contributed by atoms with Crippen LogP contribution in [0, 0.1) is 27.7 Å². The van der Waals surface area contributed by atoms with Crippen LogP contribution in [0.25, 0.3) is 10.9 Å². The summed E-state index contributed by atoms with van der Waals surface area (Å²) in [5, 5.41) is 3.59. The minimum absolute atomic E-state index is 0.363. The molecule has 0 aliphatic heterocycles. The van der Waals surface area contributed by atoms with Gasteiger partial charge in [0.05, 0.1) is 11.1 Å². The Kier molecular flexibility index (Phi) is 5.45. The van der Waals surface area contributed by atoms with Gasteiger partial charge in [-0.15, -0.1) is 0 Å². The SMILES string of the molecule is Cc1cc(C)c(NC(=O)[C@H](C)OC(=O)c2cc(C)nc3ccccc23)c(C)c1. The summed E-state index contributed by atoms with van der Waals surface area (Å²) >= 11 is 0. The van der Waals surface area contributed by atoms with Crippen molar-refractivity contribution < 1.29 is 14.3 Å². The van der Waals surface area contributed by atoms with E-state index in [9.17, 15) is 9.59 Å². The number of aryl methyl sites for hydroxylation is 4. The number of carbonyl (C=O) groups is 2. The fraction of sp³-hybridized carbons (Fsp3) is 0.261. The highest BCUT2D eigenvalue weighted by Crippen LogP contribution is 2.23. The number of benzene rings is 2. The van der Waals surface area contributed by atoms with Crippen LogP contribution >= 0.6 is 0 Å². The molecule has 28 heavy (non-hydrogen) atoms. The van der Waals surface area contributed by atoms with E-state index in [1.807, 2.05) is 64.1 Å². The fourth-order valence-electron chi connectivity index (χ4n) is 3.36. The summed E-state index contributed by atoms with van der Waals surface area (Å²) in [6.45, 7) is 9.29. The van der Waals surface area contributed by atoms with Gasteiger partial charge in [-0.1, -0.05) is 35.9 Å². The first-order valence-corrected chi connectivity index (χ1v) is 9.22. The van der Waals surface area contributed by atoms with Crippen LogP contribution < -0.4 is 5.32 Å². The Bertz CT molecular complexity index is 1050. The van der Waals surface area contributed by atoms with Crippen LogP contribution in [0.5, 0.6) is 0 Å². The van der Waals surface area contributed by atoms with E-state index in [-0.39, 0.29) is 5.91 Å². The number of pyridine rings is 1. The van der Waals surface area contributed by atoms with Crippen molar-refractivity contribution in [3.8, 4) is 0 Å². The van der Waals surface area contributed by atoms with Gasteiger partial charge < -0.3 is 10.1 Å². The summed E-state index contributed by atoms with van der Waals surface area (Å²) in [7, 11) is 0. The van der Waals surface area contributed by atoms with Gasteiger partial charge in [0.15, 0.2) is 6.10 Å². The number of hydrogen-bond donors (Lipinski definition) is 1. The average Bonchev–Trinajstić information content (AvgIpc) is 2.63. The van der Waals surface area contributed by atoms with Gasteiger partial charge in [0.25, 0.3) is 5.91 Å². The highest BCUT2D eigenvalue weighted by molar-refractivity contribution is 6.05. The molecular formula is C23H24N2O3. The molecule has 0 saturated carbocycles. The quantitative estimate of drug-likeness (QED) is 0.673. The van der Waals surface area contributed by atoms with Crippen molar-refractivity contribution in [1.82, 2.24) is 4.98 Å². The van der Waals surface area contributed by atoms with E-state index in [1.54, 1.807) is 13.0 Å². The van der Waals surface area contributed by atoms with Crippen LogP contribution in [0.15, 0.2) is 42.5 Å². The van der Waals surface area contributed by atoms with Crippen molar-refractivity contribution >= 4 is 28.5 Å². The Morgan fingerprint density at radius 1 is 1.00 bits per heavy atom. The van der Waals surface area contributed by atoms with Crippen LogP contribution in [0.1, 0.15) is 39.7 Å². The molecule has 3 aromatic rings. The van der Waals surface area contributed by atoms with Crippen molar-refractivity contribution in [2.45, 2.75) is 40.7 Å². The monoisotopic (exact) mass is 376 g/mol. The Morgan fingerprint density at radius 3 is 2.32 bits per heavy atom. The van der Waals surface area contributed by atoms with Crippen molar-refractivity contribution in [2.75, 3.05) is 5.32 Å². The molecule has 0 radical (unpaired) electrons. The molecule has 0 bridgehead atoms. The molecule has 2 aromatic carbocycles. The molecule has 1 heterocycles. The maximum absolute atomic E-state index is 12.7. The third-order valence-electron chi connectivity index (χ3n) is 4.64. The Morgan fingerprint density at radius 2 is 1.64 bits per heavy atom. The summed E-state index contributed by atoms with van der Waals surface area (Å²) in [4.78, 5) is 29.8. The van der Waals surface area contributed by atoms with E-state index in [0.29, 0.717) is 16.6 Å². The van der Waals surface area contributed by atoms with E-state index >= 15 is 0 Å². The molecule has 0 unspecified atom stereocenters. The molecule has 144 valence electrons. The van der Waals surface area contributed by atoms with Gasteiger partial charge in [0.2, 0.25) is 0 Å². The predicted molar refractivity (Wildman–Crippen MR) is 111 cm³/mol. The fourth-order valence-corrected chi connectivity index (χ4v) is 3.36. The zero-order valence-electron chi connectivity index (χ0n) is 16.8. The third kappa shape index (κ3) is 4.03. The number of aromatic nitrogens is 1. The second-order valence-corrected chi connectivity index (χ2v) is 7.14. The number of nitrogens with zero attached hydrogens (tertiary/aromatic N) is 1. The zero-order chi connectivity index (χ0) is 20.4. The first-order valence-electron chi connectivity index (χ1n) is 9.22. The van der Waals surface area contributed by atoms with Crippen molar-refractivity contribution in [3.63, 3.8) is 0 Å². The second kappa shape index (κ2) is 7.80. The lowest BCUT2D eigenvalue weighted by molar-refractivity contribution is -0.123. The number of hydrogen-bond acceptors (Lipinski definition) is 4. The Hall–Kier alpha value is -3.21. The summed E-state index contributed by atoms with van der Waals surface area (Å²) in [6, 6.07) is 13.1. The number of ether oxygens (including phenoxy) is 1. The van der Waals surface area contributed by atoms with Crippen LogP contribution in [-0.2, 0) is 9.53 Å². The largest absolute Gasteiger partial charge is 0.449 e. The first kappa shape index (κ1) is 19.5. The van der Waals surface area contributed by atoms with Crippen molar-refractivity contribution in [2.24, 2.45) is 0 Å². The summed E-state index contributed by atoms with van der Waals surface area (Å²) in [5.41, 5.74) is 5.67. The van der Waals surface area contributed by atoms with E-state index in [1.165, 1.54) is 0 Å². The molecule has 1 aromatic heterocycles. The molecule has 1 atom stereocenters. The number of rotatable bonds is 4. The van der Waals surface area contributed by atoms with Gasteiger partial charge in [-0.2, -0.15) is 0 Å². The maximum Gasteiger partial charge on any atom is 0.339 e. The lowest BCUT2D eigenvalue weighted by Gasteiger charge is -2.17. The molecule has 0 aliphatic carbocycles. The Labute approximate surface area is 164 Å². The molecule has 0 aliphatic rings. The molecular weight excluding hydrogens is 352 g/mol. The van der Waals surface area contributed by atoms with Gasteiger partial charge in [0.1, 0.15) is 0 Å². The lowest BCUT2D eigenvalue weighted by atomic mass is 10.0. The molecule has 5 nitrogen and oxygen atoms in total. The molecule has 0 fully saturated rings. The van der Waals surface area contributed by atoms with Crippen LogP contribution in [0.3, 0.4) is 0 Å². The zero-order valence-corrected chi connectivity index (χ0v) is 16.8. The number of anilines is 1. The number of nitrogens with one attached hydrogen (secondary N) is 1. The molecule has 1 amide bonds. The van der Waals surface area contributed by atoms with Crippen LogP contribution in [0.4, 0.5) is 5.69 Å². The smallest absolute Gasteiger partial charge is 0.339 e. The highest BCUT2D eigenvalue weighted by Gasteiger charge is 2.22. The number of esters is 1. The molecule has 1 N–H and O–H groups in total. The van der Waals surface area contributed by atoms with Crippen LogP contribution in [-0.4, -0.2) is 23.0 Å². The summed E-state index contributed by atoms with van der Waals surface area (Å²) in [5.74, 6) is -0.903. The second-order valence-electron chi connectivity index (χ2n) is 7.14. The van der Waals surface area contributed by atoms with E-state index in [2.05, 4.69) is 10.3 Å². The highest BCUT2D eigenvalue weighted by atomic mass is 16.5. The summed E-state index contributed by atoms with van der Waals surface area (Å²) in [6.07, 6.45) is -0.931. The molecule has 0 spiro atoms. The summed E-state index contributed by atoms with van der Waals surface area (Å²) < 4.78 is 5.46. The third-order valence-corrected chi connectivity index (χ3v) is 4.64. The van der Waals surface area contributed by atoms with Crippen molar-refractivity contribution in [1.29, 1.82) is 0 Å². The normalized spacial score (nSPS) is 11.9. The topological polar surface area (TPSA) is 68.3 Å². The van der Waals surface area contributed by atoms with Gasteiger partial charge in [-0.3, -0.25) is 9.78 Å². The van der Waals surface area contributed by atoms with E-state index < -0.39 is 12.1 Å². The van der Waals surface area contributed by atoms with Crippen molar-refractivity contribution in [3.05, 3.63) is 70.4 Å². The Balaban J connectivity index is 1.79. The first-order chi connectivity index (χ1) is 13.3. The number of para-hydroxylation sites is 1. The number of fused-ring (bicyclic) bond motifs is 1. The minimum atomic E-state index is -0.931. The molecule has 3 rings (SSSR count). The lowest BCUT2D eigenvalue weighted by Crippen LogP contribution is -2.30. The number of carbonyl (C=O) groups excluding carboxylic acids is 2.